The molecule has 0 fully saturated rings. The Balaban J connectivity index is 1.36. The highest BCUT2D eigenvalue weighted by Gasteiger charge is 2.29. The first-order valence-corrected chi connectivity index (χ1v) is 11.5. The largest absolute Gasteiger partial charge is 0.472 e. The molecular formula is C25H25N5O5. The van der Waals surface area contributed by atoms with Gasteiger partial charge >= 0.3 is 0 Å². The SMILES string of the molecule is CC(C)C(NC(=O)c1ccoc1)c1nnc2n1CCN(C(=O)c1cc(=O)c3ccccc3o1)CC2. The molecule has 0 saturated heterocycles. The Morgan fingerprint density at radius 1 is 1.09 bits per heavy atom. The number of para-hydroxylation sites is 1. The van der Waals surface area contributed by atoms with Gasteiger partial charge in [-0.25, -0.2) is 0 Å². The van der Waals surface area contributed by atoms with E-state index in [9.17, 15) is 14.4 Å². The highest BCUT2D eigenvalue weighted by Crippen LogP contribution is 2.24. The van der Waals surface area contributed by atoms with Gasteiger partial charge in [-0.3, -0.25) is 14.4 Å². The van der Waals surface area contributed by atoms with Crippen LogP contribution in [0.4, 0.5) is 0 Å². The molecule has 0 aliphatic carbocycles. The minimum Gasteiger partial charge on any atom is -0.472 e. The number of amides is 2. The van der Waals surface area contributed by atoms with Gasteiger partial charge < -0.3 is 23.6 Å². The Morgan fingerprint density at radius 3 is 2.69 bits per heavy atom. The third-order valence-electron chi connectivity index (χ3n) is 6.20. The van der Waals surface area contributed by atoms with Crippen LogP contribution in [0.2, 0.25) is 0 Å². The Hall–Kier alpha value is -4.21. The molecule has 10 nitrogen and oxygen atoms in total. The van der Waals surface area contributed by atoms with Crippen LogP contribution in [-0.2, 0) is 13.0 Å². The quantitative estimate of drug-likeness (QED) is 0.471. The van der Waals surface area contributed by atoms with Gasteiger partial charge in [-0.1, -0.05) is 26.0 Å². The van der Waals surface area contributed by atoms with E-state index in [-0.39, 0.29) is 35.0 Å². The van der Waals surface area contributed by atoms with Crippen LogP contribution >= 0.6 is 0 Å². The van der Waals surface area contributed by atoms with Crippen molar-refractivity contribution in [2.45, 2.75) is 32.9 Å². The molecule has 1 aliphatic rings. The van der Waals surface area contributed by atoms with Crippen molar-refractivity contribution < 1.29 is 18.4 Å². The smallest absolute Gasteiger partial charge is 0.289 e. The molecule has 0 bridgehead atoms. The standard InChI is InChI=1S/C25H25N5O5/c1-15(2)22(26-24(32)16-8-12-34-14-16)23-28-27-21-7-9-29(10-11-30(21)23)25(33)20-13-18(31)17-5-3-4-6-19(17)35-20/h3-6,8,12-15,22H,7,9-11H2,1-2H3,(H,26,32). The number of rotatable bonds is 5. The molecule has 1 aliphatic heterocycles. The fraction of sp³-hybridized carbons (Fsp3) is 0.320. The predicted octanol–water partition coefficient (Wildman–Crippen LogP) is 2.80. The fourth-order valence-electron chi connectivity index (χ4n) is 4.29. The van der Waals surface area contributed by atoms with Crippen LogP contribution in [0.1, 0.15) is 52.5 Å². The molecule has 0 saturated carbocycles. The molecule has 3 aromatic heterocycles. The van der Waals surface area contributed by atoms with E-state index in [2.05, 4.69) is 15.5 Å². The molecule has 0 spiro atoms. The van der Waals surface area contributed by atoms with Gasteiger partial charge in [-0.15, -0.1) is 10.2 Å². The highest BCUT2D eigenvalue weighted by atomic mass is 16.3. The number of carbonyl (C=O) groups excluding carboxylic acids is 2. The molecule has 5 rings (SSSR count). The van der Waals surface area contributed by atoms with E-state index in [0.717, 1.165) is 5.82 Å². The Morgan fingerprint density at radius 2 is 1.91 bits per heavy atom. The molecule has 1 aromatic carbocycles. The Kier molecular flexibility index (Phi) is 5.94. The number of nitrogens with one attached hydrogen (secondary N) is 1. The van der Waals surface area contributed by atoms with Gasteiger partial charge in [0.15, 0.2) is 17.0 Å². The van der Waals surface area contributed by atoms with E-state index < -0.39 is 0 Å². The van der Waals surface area contributed by atoms with Crippen LogP contribution in [-0.4, -0.2) is 44.6 Å². The molecule has 1 unspecified atom stereocenters. The molecule has 1 atom stereocenters. The summed E-state index contributed by atoms with van der Waals surface area (Å²) in [4.78, 5) is 40.0. The molecule has 10 heteroatoms. The lowest BCUT2D eigenvalue weighted by molar-refractivity contribution is 0.0727. The zero-order valence-electron chi connectivity index (χ0n) is 19.4. The third kappa shape index (κ3) is 4.34. The number of aromatic nitrogens is 3. The number of hydrogen-bond donors (Lipinski definition) is 1. The molecule has 4 aromatic rings. The maximum atomic E-state index is 13.2. The fourth-order valence-corrected chi connectivity index (χ4v) is 4.29. The lowest BCUT2D eigenvalue weighted by Crippen LogP contribution is -2.35. The van der Waals surface area contributed by atoms with Crippen molar-refractivity contribution in [3.63, 3.8) is 0 Å². The summed E-state index contributed by atoms with van der Waals surface area (Å²) in [6.45, 7) is 5.23. The molecule has 1 N–H and O–H groups in total. The van der Waals surface area contributed by atoms with Crippen molar-refractivity contribution >= 4 is 22.8 Å². The van der Waals surface area contributed by atoms with Gasteiger partial charge in [0.2, 0.25) is 0 Å². The third-order valence-corrected chi connectivity index (χ3v) is 6.20. The minimum absolute atomic E-state index is 0.0130. The molecule has 35 heavy (non-hydrogen) atoms. The summed E-state index contributed by atoms with van der Waals surface area (Å²) in [5, 5.41) is 12.2. The average molecular weight is 476 g/mol. The van der Waals surface area contributed by atoms with E-state index in [0.29, 0.717) is 48.4 Å². The maximum Gasteiger partial charge on any atom is 0.289 e. The van der Waals surface area contributed by atoms with Crippen LogP contribution in [0, 0.1) is 5.92 Å². The van der Waals surface area contributed by atoms with Gasteiger partial charge in [0.05, 0.1) is 23.3 Å². The van der Waals surface area contributed by atoms with Gasteiger partial charge in [-0.05, 0) is 24.1 Å². The van der Waals surface area contributed by atoms with Crippen molar-refractivity contribution in [3.05, 3.63) is 82.1 Å². The Bertz CT molecular complexity index is 1440. The van der Waals surface area contributed by atoms with Gasteiger partial charge in [0, 0.05) is 32.1 Å². The summed E-state index contributed by atoms with van der Waals surface area (Å²) >= 11 is 0. The number of fused-ring (bicyclic) bond motifs is 2. The number of nitrogens with zero attached hydrogens (tertiary/aromatic N) is 4. The second-order valence-corrected chi connectivity index (χ2v) is 8.85. The number of hydrogen-bond acceptors (Lipinski definition) is 7. The normalized spacial score (nSPS) is 14.5. The van der Waals surface area contributed by atoms with Crippen LogP contribution in [0.25, 0.3) is 11.0 Å². The zero-order valence-corrected chi connectivity index (χ0v) is 19.4. The summed E-state index contributed by atoms with van der Waals surface area (Å²) < 4.78 is 12.7. The Labute approximate surface area is 200 Å². The lowest BCUT2D eigenvalue weighted by Gasteiger charge is -2.23. The van der Waals surface area contributed by atoms with Crippen molar-refractivity contribution in [1.82, 2.24) is 25.0 Å². The predicted molar refractivity (Wildman–Crippen MR) is 126 cm³/mol. The molecular weight excluding hydrogens is 450 g/mol. The molecule has 0 radical (unpaired) electrons. The second-order valence-electron chi connectivity index (χ2n) is 8.85. The van der Waals surface area contributed by atoms with E-state index >= 15 is 0 Å². The van der Waals surface area contributed by atoms with Crippen LogP contribution < -0.4 is 10.7 Å². The molecule has 2 amide bonds. The van der Waals surface area contributed by atoms with E-state index in [1.54, 1.807) is 35.2 Å². The summed E-state index contributed by atoms with van der Waals surface area (Å²) in [6, 6.07) is 9.34. The summed E-state index contributed by atoms with van der Waals surface area (Å²) in [5.74, 6) is 0.830. The first kappa shape index (κ1) is 22.6. The highest BCUT2D eigenvalue weighted by molar-refractivity contribution is 5.94. The van der Waals surface area contributed by atoms with Crippen molar-refractivity contribution in [2.24, 2.45) is 5.92 Å². The first-order chi connectivity index (χ1) is 16.9. The number of benzene rings is 1. The topological polar surface area (TPSA) is 123 Å². The van der Waals surface area contributed by atoms with E-state index in [1.165, 1.54) is 18.6 Å². The second kappa shape index (κ2) is 9.21. The van der Waals surface area contributed by atoms with Crippen molar-refractivity contribution in [2.75, 3.05) is 13.1 Å². The lowest BCUT2D eigenvalue weighted by atomic mass is 10.0. The van der Waals surface area contributed by atoms with E-state index in [1.807, 2.05) is 18.4 Å². The molecule has 4 heterocycles. The molecule has 180 valence electrons. The monoisotopic (exact) mass is 475 g/mol. The van der Waals surface area contributed by atoms with Gasteiger partial charge in [0.25, 0.3) is 11.8 Å². The van der Waals surface area contributed by atoms with Crippen LogP contribution in [0.5, 0.6) is 0 Å². The number of furan rings is 1. The summed E-state index contributed by atoms with van der Waals surface area (Å²) in [6.07, 6.45) is 3.33. The van der Waals surface area contributed by atoms with Gasteiger partial charge in [-0.2, -0.15) is 0 Å². The van der Waals surface area contributed by atoms with Crippen LogP contribution in [0.15, 0.2) is 62.6 Å². The van der Waals surface area contributed by atoms with Gasteiger partial charge in [0.1, 0.15) is 17.7 Å². The maximum absolute atomic E-state index is 13.2. The minimum atomic E-state index is -0.376. The summed E-state index contributed by atoms with van der Waals surface area (Å²) in [5.41, 5.74) is 0.559. The van der Waals surface area contributed by atoms with E-state index in [4.69, 9.17) is 8.83 Å². The van der Waals surface area contributed by atoms with Crippen LogP contribution in [0.3, 0.4) is 0 Å². The summed E-state index contributed by atoms with van der Waals surface area (Å²) in [7, 11) is 0. The van der Waals surface area contributed by atoms with Crippen molar-refractivity contribution in [3.8, 4) is 0 Å². The zero-order chi connectivity index (χ0) is 24.5. The number of carbonyl (C=O) groups is 2. The van der Waals surface area contributed by atoms with Crippen molar-refractivity contribution in [1.29, 1.82) is 0 Å². The first-order valence-electron chi connectivity index (χ1n) is 11.5. The average Bonchev–Trinajstić information content (AvgIpc) is 3.48.